The molecule has 4 rings (SSSR count). The van der Waals surface area contributed by atoms with Crippen LogP contribution in [0.15, 0.2) is 23.3 Å². The molecule has 6 heteroatoms. The Labute approximate surface area is 176 Å². The lowest BCUT2D eigenvalue weighted by Crippen LogP contribution is -2.54. The molecule has 162 valence electrons. The molecule has 0 bridgehead atoms. The second-order valence-corrected chi connectivity index (χ2v) is 10.2. The van der Waals surface area contributed by atoms with Crippen LogP contribution in [0, 0.1) is 28.6 Å². The molecule has 0 unspecified atom stereocenters. The van der Waals surface area contributed by atoms with E-state index in [-0.39, 0.29) is 35.9 Å². The molecule has 4 aliphatic carbocycles. The Hall–Kier alpha value is -2.08. The number of carbonyl (C=O) groups is 4. The fourth-order valence-electron chi connectivity index (χ4n) is 7.05. The lowest BCUT2D eigenvalue weighted by Gasteiger charge is -2.56. The van der Waals surface area contributed by atoms with Gasteiger partial charge in [0.15, 0.2) is 17.9 Å². The molecule has 2 fully saturated rings. The summed E-state index contributed by atoms with van der Waals surface area (Å²) in [4.78, 5) is 47.4. The zero-order valence-corrected chi connectivity index (χ0v) is 17.6. The molecule has 0 spiro atoms. The van der Waals surface area contributed by atoms with Crippen molar-refractivity contribution in [3.8, 4) is 0 Å². The maximum absolute atomic E-state index is 12.7. The number of rotatable bonds is 5. The van der Waals surface area contributed by atoms with Crippen LogP contribution in [0.3, 0.4) is 0 Å². The highest BCUT2D eigenvalue weighted by molar-refractivity contribution is 6.26. The van der Waals surface area contributed by atoms with Gasteiger partial charge in [-0.2, -0.15) is 0 Å². The van der Waals surface area contributed by atoms with Gasteiger partial charge in [0.1, 0.15) is 0 Å². The van der Waals surface area contributed by atoms with E-state index < -0.39 is 28.7 Å². The zero-order valence-electron chi connectivity index (χ0n) is 17.6. The summed E-state index contributed by atoms with van der Waals surface area (Å²) in [5.41, 5.74) is 0.148. The van der Waals surface area contributed by atoms with Crippen molar-refractivity contribution in [3.05, 3.63) is 23.3 Å². The number of fused-ring (bicyclic) bond motifs is 5. The fourth-order valence-corrected chi connectivity index (χ4v) is 7.05. The number of hydrogen-bond acceptors (Lipinski definition) is 5. The standard InChI is InChI=1S/C24H30O6/c1-22-7-3-15(26)11-14(22)12-16(19(27)13-25)21-17(22)4-8-23(2)18(21)5-9-24(23,30)10-6-20(28)29/h4,11,13,16,18,21,30H,3,5-10,12H2,1-2H3,(H,28,29)/t16-,18-,21+,22-,23-,24-/m0/s1. The van der Waals surface area contributed by atoms with Gasteiger partial charge in [-0.05, 0) is 56.4 Å². The Balaban J connectivity index is 1.79. The average Bonchev–Trinajstić information content (AvgIpc) is 2.97. The van der Waals surface area contributed by atoms with E-state index in [0.29, 0.717) is 44.8 Å². The fraction of sp³-hybridized carbons (Fsp3) is 0.667. The van der Waals surface area contributed by atoms with Crippen molar-refractivity contribution in [1.29, 1.82) is 0 Å². The van der Waals surface area contributed by atoms with Crippen LogP contribution in [0.4, 0.5) is 0 Å². The summed E-state index contributed by atoms with van der Waals surface area (Å²) in [5.74, 6) is -1.98. The molecular weight excluding hydrogens is 384 g/mol. The number of ketones is 2. The maximum Gasteiger partial charge on any atom is 0.303 e. The highest BCUT2D eigenvalue weighted by Gasteiger charge is 2.63. The Bertz CT molecular complexity index is 884. The minimum absolute atomic E-state index is 0.00111. The lowest BCUT2D eigenvalue weighted by molar-refractivity contribution is -0.142. The zero-order chi connectivity index (χ0) is 21.9. The summed E-state index contributed by atoms with van der Waals surface area (Å²) < 4.78 is 0. The van der Waals surface area contributed by atoms with Crippen molar-refractivity contribution in [2.45, 2.75) is 70.8 Å². The quantitative estimate of drug-likeness (QED) is 0.407. The van der Waals surface area contributed by atoms with Crippen LogP contribution in [0.25, 0.3) is 0 Å². The summed E-state index contributed by atoms with van der Waals surface area (Å²) in [5, 5.41) is 20.6. The molecule has 0 aromatic heterocycles. The van der Waals surface area contributed by atoms with Crippen LogP contribution in [0.1, 0.15) is 65.2 Å². The first-order valence-corrected chi connectivity index (χ1v) is 10.9. The van der Waals surface area contributed by atoms with Crippen LogP contribution in [-0.2, 0) is 19.2 Å². The molecule has 0 radical (unpaired) electrons. The van der Waals surface area contributed by atoms with E-state index in [2.05, 4.69) is 13.0 Å². The van der Waals surface area contributed by atoms with Gasteiger partial charge in [0.25, 0.3) is 0 Å². The molecule has 0 amide bonds. The smallest absolute Gasteiger partial charge is 0.303 e. The largest absolute Gasteiger partial charge is 0.481 e. The molecular formula is C24H30O6. The van der Waals surface area contributed by atoms with Crippen molar-refractivity contribution >= 4 is 23.8 Å². The Morgan fingerprint density at radius 2 is 2.00 bits per heavy atom. The van der Waals surface area contributed by atoms with Gasteiger partial charge in [0, 0.05) is 29.6 Å². The van der Waals surface area contributed by atoms with Crippen molar-refractivity contribution in [2.24, 2.45) is 28.6 Å². The first-order chi connectivity index (χ1) is 14.1. The third kappa shape index (κ3) is 2.87. The Kier molecular flexibility index (Phi) is 4.92. The lowest BCUT2D eigenvalue weighted by atomic mass is 9.47. The van der Waals surface area contributed by atoms with Crippen LogP contribution < -0.4 is 0 Å². The highest BCUT2D eigenvalue weighted by Crippen LogP contribution is 2.67. The molecule has 0 aliphatic heterocycles. The van der Waals surface area contributed by atoms with Crippen LogP contribution in [0.5, 0.6) is 0 Å². The number of hydrogen-bond donors (Lipinski definition) is 2. The predicted octanol–water partition coefficient (Wildman–Crippen LogP) is 3.03. The molecule has 4 aliphatic rings. The molecule has 30 heavy (non-hydrogen) atoms. The molecule has 2 N–H and O–H groups in total. The molecule has 0 aromatic rings. The molecule has 0 saturated heterocycles. The van der Waals surface area contributed by atoms with Gasteiger partial charge in [-0.25, -0.2) is 0 Å². The van der Waals surface area contributed by atoms with Gasteiger partial charge in [0.05, 0.1) is 5.60 Å². The van der Waals surface area contributed by atoms with Gasteiger partial charge in [-0.3, -0.25) is 19.2 Å². The van der Waals surface area contributed by atoms with Crippen molar-refractivity contribution in [1.82, 2.24) is 0 Å². The minimum atomic E-state index is -1.10. The van der Waals surface area contributed by atoms with E-state index in [1.165, 1.54) is 0 Å². The van der Waals surface area contributed by atoms with Crippen LogP contribution in [-0.4, -0.2) is 39.6 Å². The van der Waals surface area contributed by atoms with E-state index in [9.17, 15) is 24.3 Å². The third-order valence-electron chi connectivity index (χ3n) is 8.95. The first kappa shape index (κ1) is 21.2. The number of carboxylic acid groups (broad SMARTS) is 1. The molecule has 6 atom stereocenters. The van der Waals surface area contributed by atoms with Gasteiger partial charge in [-0.15, -0.1) is 0 Å². The molecule has 2 saturated carbocycles. The third-order valence-corrected chi connectivity index (χ3v) is 8.95. The van der Waals surface area contributed by atoms with E-state index >= 15 is 0 Å². The normalized spacial score (nSPS) is 42.4. The van der Waals surface area contributed by atoms with Gasteiger partial charge >= 0.3 is 5.97 Å². The topological polar surface area (TPSA) is 109 Å². The van der Waals surface area contributed by atoms with E-state index in [1.54, 1.807) is 6.08 Å². The number of allylic oxidation sites excluding steroid dienone is 4. The number of carboxylic acids is 1. The summed E-state index contributed by atoms with van der Waals surface area (Å²) in [6.45, 7) is 4.15. The summed E-state index contributed by atoms with van der Waals surface area (Å²) >= 11 is 0. The van der Waals surface area contributed by atoms with E-state index in [1.807, 2.05) is 6.92 Å². The first-order valence-electron chi connectivity index (χ1n) is 10.9. The van der Waals surface area contributed by atoms with Gasteiger partial charge < -0.3 is 10.2 Å². The van der Waals surface area contributed by atoms with E-state index in [4.69, 9.17) is 5.11 Å². The molecule has 6 nitrogen and oxygen atoms in total. The van der Waals surface area contributed by atoms with Crippen molar-refractivity contribution in [2.75, 3.05) is 0 Å². The average molecular weight is 414 g/mol. The predicted molar refractivity (Wildman–Crippen MR) is 108 cm³/mol. The summed E-state index contributed by atoms with van der Waals surface area (Å²) in [7, 11) is 0. The Morgan fingerprint density at radius 1 is 1.27 bits per heavy atom. The second kappa shape index (κ2) is 6.98. The number of aliphatic hydroxyl groups is 1. The highest BCUT2D eigenvalue weighted by atomic mass is 16.4. The number of aliphatic carboxylic acids is 1. The number of aldehydes is 1. The van der Waals surface area contributed by atoms with Crippen LogP contribution >= 0.6 is 0 Å². The summed E-state index contributed by atoms with van der Waals surface area (Å²) in [6.07, 6.45) is 7.69. The minimum Gasteiger partial charge on any atom is -0.481 e. The van der Waals surface area contributed by atoms with Crippen molar-refractivity contribution in [3.63, 3.8) is 0 Å². The SMILES string of the molecule is C[C@]12CCC(=O)C=C1C[C@@H](C(=O)C=O)[C@@H]1C2=CC[C@@]2(C)[C@H]1CC[C@]2(O)CCC(=O)O. The molecule has 0 aromatic carbocycles. The van der Waals surface area contributed by atoms with Gasteiger partial charge in [0.2, 0.25) is 0 Å². The van der Waals surface area contributed by atoms with Crippen LogP contribution in [0.2, 0.25) is 0 Å². The van der Waals surface area contributed by atoms with Gasteiger partial charge in [-0.1, -0.05) is 31.1 Å². The monoisotopic (exact) mass is 414 g/mol. The Morgan fingerprint density at radius 3 is 2.67 bits per heavy atom. The second-order valence-electron chi connectivity index (χ2n) is 10.2. The van der Waals surface area contributed by atoms with Crippen molar-refractivity contribution < 1.29 is 29.4 Å². The number of carbonyl (C=O) groups excluding carboxylic acids is 3. The molecule has 0 heterocycles. The van der Waals surface area contributed by atoms with E-state index in [0.717, 1.165) is 11.1 Å². The maximum atomic E-state index is 12.7. The summed E-state index contributed by atoms with van der Waals surface area (Å²) in [6, 6.07) is 0. The number of Topliss-reactive ketones (excluding diaryl/α,β-unsaturated/α-hetero) is 1.